The predicted octanol–water partition coefficient (Wildman–Crippen LogP) is 3.28. The average molecular weight is 350 g/mol. The van der Waals surface area contributed by atoms with Crippen LogP contribution in [0.2, 0.25) is 0 Å². The van der Waals surface area contributed by atoms with Crippen molar-refractivity contribution in [2.24, 2.45) is 5.84 Å². The maximum absolute atomic E-state index is 5.50. The maximum Gasteiger partial charge on any atom is 0.145 e. The highest BCUT2D eigenvalue weighted by Crippen LogP contribution is 2.22. The lowest BCUT2D eigenvalue weighted by Gasteiger charge is -2.21. The van der Waals surface area contributed by atoms with E-state index in [9.17, 15) is 0 Å². The molecule has 0 unspecified atom stereocenters. The molecule has 0 aliphatic carbocycles. The van der Waals surface area contributed by atoms with Crippen molar-refractivity contribution in [3.8, 4) is 0 Å². The number of hydrazine groups is 1. The van der Waals surface area contributed by atoms with Gasteiger partial charge in [0.15, 0.2) is 0 Å². The molecule has 1 aromatic carbocycles. The fourth-order valence-corrected chi connectivity index (χ4v) is 2.35. The fourth-order valence-electron chi connectivity index (χ4n) is 1.94. The Morgan fingerprint density at radius 3 is 2.62 bits per heavy atom. The molecular weight excluding hydrogens is 330 g/mol. The van der Waals surface area contributed by atoms with E-state index in [0.717, 1.165) is 22.7 Å². The number of nitrogens with one attached hydrogen (secondary N) is 1. The Morgan fingerprint density at radius 1 is 1.29 bits per heavy atom. The van der Waals surface area contributed by atoms with Gasteiger partial charge in [-0.2, -0.15) is 0 Å². The van der Waals surface area contributed by atoms with Crippen LogP contribution in [0.25, 0.3) is 0 Å². The third-order valence-electron chi connectivity index (χ3n) is 3.15. The molecule has 3 N–H and O–H groups in total. The smallest absolute Gasteiger partial charge is 0.145 e. The van der Waals surface area contributed by atoms with E-state index in [2.05, 4.69) is 56.1 Å². The highest BCUT2D eigenvalue weighted by molar-refractivity contribution is 9.10. The zero-order valence-corrected chi connectivity index (χ0v) is 14.1. The molecule has 112 valence electrons. The summed E-state index contributed by atoms with van der Waals surface area (Å²) in [4.78, 5) is 11.1. The van der Waals surface area contributed by atoms with Crippen LogP contribution in [0, 0.1) is 0 Å². The van der Waals surface area contributed by atoms with Crippen molar-refractivity contribution in [3.63, 3.8) is 0 Å². The number of hydrogen-bond acceptors (Lipinski definition) is 5. The lowest BCUT2D eigenvalue weighted by atomic mass is 10.2. The standard InChI is InChI=1S/C15H20BrN5/c1-10(2)15-18-13(20-17)8-14(19-15)21(3)9-11-6-4-5-7-12(11)16/h4-8,10H,9,17H2,1-3H3,(H,18,19,20). The molecule has 2 aromatic rings. The molecule has 0 fully saturated rings. The van der Waals surface area contributed by atoms with E-state index in [1.54, 1.807) is 0 Å². The molecule has 6 heteroatoms. The van der Waals surface area contributed by atoms with E-state index in [1.807, 2.05) is 31.3 Å². The summed E-state index contributed by atoms with van der Waals surface area (Å²) in [5.41, 5.74) is 3.81. The van der Waals surface area contributed by atoms with Crippen molar-refractivity contribution >= 4 is 27.6 Å². The summed E-state index contributed by atoms with van der Waals surface area (Å²) in [6.45, 7) is 4.88. The van der Waals surface area contributed by atoms with E-state index in [-0.39, 0.29) is 5.92 Å². The summed E-state index contributed by atoms with van der Waals surface area (Å²) in [5, 5.41) is 0. The van der Waals surface area contributed by atoms with E-state index < -0.39 is 0 Å². The molecular formula is C15H20BrN5. The Balaban J connectivity index is 2.28. The minimum absolute atomic E-state index is 0.244. The van der Waals surface area contributed by atoms with Crippen LogP contribution in [0.3, 0.4) is 0 Å². The Morgan fingerprint density at radius 2 is 2.00 bits per heavy atom. The number of halogens is 1. The van der Waals surface area contributed by atoms with Crippen LogP contribution in [0.4, 0.5) is 11.6 Å². The maximum atomic E-state index is 5.50. The van der Waals surface area contributed by atoms with E-state index in [1.165, 1.54) is 5.56 Å². The van der Waals surface area contributed by atoms with Crippen LogP contribution < -0.4 is 16.2 Å². The van der Waals surface area contributed by atoms with Gasteiger partial charge in [-0.1, -0.05) is 48.0 Å². The number of hydrogen-bond donors (Lipinski definition) is 2. The van der Waals surface area contributed by atoms with Gasteiger partial charge in [0.25, 0.3) is 0 Å². The summed E-state index contributed by atoms with van der Waals surface area (Å²) in [5.74, 6) is 7.99. The van der Waals surface area contributed by atoms with Crippen LogP contribution in [0.5, 0.6) is 0 Å². The summed E-state index contributed by atoms with van der Waals surface area (Å²) in [6.07, 6.45) is 0. The number of nitrogen functional groups attached to an aromatic ring is 1. The summed E-state index contributed by atoms with van der Waals surface area (Å²) in [6, 6.07) is 10.0. The molecule has 0 aliphatic rings. The molecule has 0 bridgehead atoms. The van der Waals surface area contributed by atoms with Crippen LogP contribution in [-0.2, 0) is 6.54 Å². The summed E-state index contributed by atoms with van der Waals surface area (Å²) in [7, 11) is 2.01. The highest BCUT2D eigenvalue weighted by atomic mass is 79.9. The minimum atomic E-state index is 0.244. The largest absolute Gasteiger partial charge is 0.355 e. The Hall–Kier alpha value is -1.66. The van der Waals surface area contributed by atoms with Gasteiger partial charge in [0.2, 0.25) is 0 Å². The first-order chi connectivity index (χ1) is 10.0. The van der Waals surface area contributed by atoms with E-state index in [0.29, 0.717) is 5.82 Å². The monoisotopic (exact) mass is 349 g/mol. The highest BCUT2D eigenvalue weighted by Gasteiger charge is 2.12. The molecule has 0 saturated heterocycles. The lowest BCUT2D eigenvalue weighted by Crippen LogP contribution is -2.20. The van der Waals surface area contributed by atoms with E-state index in [4.69, 9.17) is 5.84 Å². The van der Waals surface area contributed by atoms with Gasteiger partial charge < -0.3 is 10.3 Å². The first kappa shape index (κ1) is 15.7. The zero-order valence-electron chi connectivity index (χ0n) is 12.5. The van der Waals surface area contributed by atoms with Gasteiger partial charge >= 0.3 is 0 Å². The second-order valence-electron chi connectivity index (χ2n) is 5.22. The molecule has 5 nitrogen and oxygen atoms in total. The number of benzene rings is 1. The van der Waals surface area contributed by atoms with Crippen molar-refractivity contribution in [1.29, 1.82) is 0 Å². The molecule has 0 aliphatic heterocycles. The normalized spacial score (nSPS) is 10.8. The van der Waals surface area contributed by atoms with Gasteiger partial charge in [0, 0.05) is 30.0 Å². The summed E-state index contributed by atoms with van der Waals surface area (Å²) >= 11 is 3.57. The molecule has 0 amide bonds. The van der Waals surface area contributed by atoms with Crippen molar-refractivity contribution in [2.75, 3.05) is 17.4 Å². The number of nitrogens with zero attached hydrogens (tertiary/aromatic N) is 3. The number of anilines is 2. The number of aromatic nitrogens is 2. The van der Waals surface area contributed by atoms with Gasteiger partial charge in [-0.15, -0.1) is 0 Å². The number of nitrogens with two attached hydrogens (primary N) is 1. The first-order valence-electron chi connectivity index (χ1n) is 6.81. The second kappa shape index (κ2) is 6.87. The first-order valence-corrected chi connectivity index (χ1v) is 7.60. The Labute approximate surface area is 133 Å². The number of rotatable bonds is 5. The van der Waals surface area contributed by atoms with Gasteiger partial charge in [-0.3, -0.25) is 0 Å². The molecule has 1 heterocycles. The van der Waals surface area contributed by atoms with Crippen LogP contribution >= 0.6 is 15.9 Å². The molecule has 0 saturated carbocycles. The summed E-state index contributed by atoms with van der Waals surface area (Å²) < 4.78 is 1.09. The third kappa shape index (κ3) is 3.92. The van der Waals surface area contributed by atoms with Crippen LogP contribution in [0.15, 0.2) is 34.8 Å². The van der Waals surface area contributed by atoms with Crippen LogP contribution in [0.1, 0.15) is 31.2 Å². The Bertz CT molecular complexity index is 615. The van der Waals surface area contributed by atoms with Crippen molar-refractivity contribution in [3.05, 3.63) is 46.2 Å². The van der Waals surface area contributed by atoms with E-state index >= 15 is 0 Å². The van der Waals surface area contributed by atoms with Gasteiger partial charge in [0.1, 0.15) is 17.5 Å². The lowest BCUT2D eigenvalue weighted by molar-refractivity contribution is 0.763. The minimum Gasteiger partial charge on any atom is -0.355 e. The predicted molar refractivity (Wildman–Crippen MR) is 90.2 cm³/mol. The van der Waals surface area contributed by atoms with Crippen molar-refractivity contribution < 1.29 is 0 Å². The SMILES string of the molecule is CC(C)c1nc(NN)cc(N(C)Cc2ccccc2Br)n1. The molecule has 0 spiro atoms. The Kier molecular flexibility index (Phi) is 5.14. The zero-order chi connectivity index (χ0) is 15.4. The van der Waals surface area contributed by atoms with Gasteiger partial charge in [0.05, 0.1) is 0 Å². The molecule has 0 atom stereocenters. The molecule has 2 rings (SSSR count). The second-order valence-corrected chi connectivity index (χ2v) is 6.07. The molecule has 0 radical (unpaired) electrons. The van der Waals surface area contributed by atoms with Crippen LogP contribution in [-0.4, -0.2) is 17.0 Å². The van der Waals surface area contributed by atoms with Crippen molar-refractivity contribution in [2.45, 2.75) is 26.3 Å². The topological polar surface area (TPSA) is 67.1 Å². The average Bonchev–Trinajstić information content (AvgIpc) is 2.49. The van der Waals surface area contributed by atoms with Gasteiger partial charge in [-0.05, 0) is 11.6 Å². The third-order valence-corrected chi connectivity index (χ3v) is 3.92. The fraction of sp³-hybridized carbons (Fsp3) is 0.333. The quantitative estimate of drug-likeness (QED) is 0.640. The van der Waals surface area contributed by atoms with Crippen molar-refractivity contribution in [1.82, 2.24) is 9.97 Å². The molecule has 1 aromatic heterocycles. The van der Waals surface area contributed by atoms with Gasteiger partial charge in [-0.25, -0.2) is 15.8 Å². The molecule has 21 heavy (non-hydrogen) atoms.